The van der Waals surface area contributed by atoms with Gasteiger partial charge in [-0.05, 0) is 108 Å². The lowest BCUT2D eigenvalue weighted by atomic mass is 9.49. The molecule has 0 aromatic heterocycles. The molecule has 4 bridgehead atoms. The summed E-state index contributed by atoms with van der Waals surface area (Å²) in [6.07, 6.45) is 8.33. The number of carbonyl (C=O) groups is 2. The number of nitrogens with one attached hydrogen (secondary N) is 1. The van der Waals surface area contributed by atoms with Crippen molar-refractivity contribution in [3.05, 3.63) is 33.1 Å². The normalized spacial score (nSPS) is 34.3. The molecule has 0 atom stereocenters. The molecule has 1 aromatic rings. The van der Waals surface area contributed by atoms with E-state index in [4.69, 9.17) is 12.2 Å². The number of phenolic OH excluding ortho intramolecular Hbond substituents is 1. The number of carbonyl (C=O) groups excluding carboxylic acids is 2. The third-order valence-electron chi connectivity index (χ3n) is 6.80. The Labute approximate surface area is 187 Å². The Morgan fingerprint density at radius 1 is 1.24 bits per heavy atom. The van der Waals surface area contributed by atoms with Crippen LogP contribution in [-0.2, 0) is 9.59 Å². The van der Waals surface area contributed by atoms with Gasteiger partial charge >= 0.3 is 0 Å². The van der Waals surface area contributed by atoms with E-state index in [0.29, 0.717) is 31.5 Å². The second-order valence-corrected chi connectivity index (χ2v) is 11.4. The maximum Gasteiger partial charge on any atom is 0.285 e. The van der Waals surface area contributed by atoms with Crippen LogP contribution in [0.25, 0.3) is 6.08 Å². The van der Waals surface area contributed by atoms with Gasteiger partial charge in [-0.2, -0.15) is 5.01 Å². The van der Waals surface area contributed by atoms with E-state index in [1.165, 1.54) is 36.0 Å². The van der Waals surface area contributed by atoms with E-state index in [-0.39, 0.29) is 23.0 Å². The highest BCUT2D eigenvalue weighted by atomic mass is 79.9. The number of aromatic hydroxyl groups is 1. The molecule has 4 aliphatic carbocycles. The van der Waals surface area contributed by atoms with E-state index in [1.807, 2.05) is 0 Å². The minimum Gasteiger partial charge on any atom is -0.507 e. The molecule has 0 radical (unpaired) electrons. The van der Waals surface area contributed by atoms with Crippen molar-refractivity contribution in [3.63, 3.8) is 0 Å². The van der Waals surface area contributed by atoms with Crippen molar-refractivity contribution in [2.24, 2.45) is 23.2 Å². The lowest BCUT2D eigenvalue weighted by Gasteiger charge is -2.55. The highest BCUT2D eigenvalue weighted by Crippen LogP contribution is 2.60. The fourth-order valence-corrected chi connectivity index (χ4v) is 7.51. The lowest BCUT2D eigenvalue weighted by Crippen LogP contribution is -2.57. The molecule has 2 N–H and O–H groups in total. The molecule has 8 heteroatoms. The number of thiocarbonyl (C=S) groups is 1. The molecule has 0 unspecified atom stereocenters. The number of hydrogen-bond acceptors (Lipinski definition) is 5. The first-order valence-corrected chi connectivity index (χ1v) is 11.9. The second kappa shape index (κ2) is 7.10. The van der Waals surface area contributed by atoms with Crippen LogP contribution in [0.3, 0.4) is 0 Å². The van der Waals surface area contributed by atoms with Gasteiger partial charge in [-0.1, -0.05) is 17.8 Å². The summed E-state index contributed by atoms with van der Waals surface area (Å²) >= 11 is 9.84. The van der Waals surface area contributed by atoms with Crippen LogP contribution in [0.4, 0.5) is 0 Å². The van der Waals surface area contributed by atoms with Crippen LogP contribution in [0, 0.1) is 23.2 Å². The van der Waals surface area contributed by atoms with Gasteiger partial charge in [0.1, 0.15) is 5.75 Å². The van der Waals surface area contributed by atoms with Gasteiger partial charge in [-0.3, -0.25) is 15.0 Å². The molecule has 1 heterocycles. The van der Waals surface area contributed by atoms with Gasteiger partial charge in [0.05, 0.1) is 14.8 Å². The zero-order valence-corrected chi connectivity index (χ0v) is 18.9. The Balaban J connectivity index is 1.33. The van der Waals surface area contributed by atoms with E-state index >= 15 is 0 Å². The van der Waals surface area contributed by atoms with Crippen molar-refractivity contribution in [3.8, 4) is 5.75 Å². The quantitative estimate of drug-likeness (QED) is 0.476. The van der Waals surface area contributed by atoms with Gasteiger partial charge < -0.3 is 5.11 Å². The van der Waals surface area contributed by atoms with Crippen molar-refractivity contribution >= 4 is 62.1 Å². The minimum atomic E-state index is -0.330. The molecule has 6 rings (SSSR count). The summed E-state index contributed by atoms with van der Waals surface area (Å²) in [6, 6.07) is 5.02. The predicted molar refractivity (Wildman–Crippen MR) is 120 cm³/mol. The van der Waals surface area contributed by atoms with E-state index in [1.54, 1.807) is 24.3 Å². The van der Waals surface area contributed by atoms with Gasteiger partial charge in [-0.15, -0.1) is 0 Å². The molecule has 29 heavy (non-hydrogen) atoms. The van der Waals surface area contributed by atoms with E-state index < -0.39 is 0 Å². The summed E-state index contributed by atoms with van der Waals surface area (Å²) in [5.74, 6) is 1.77. The Bertz CT molecular complexity index is 926. The maximum absolute atomic E-state index is 13.3. The van der Waals surface area contributed by atoms with Crippen LogP contribution in [0.15, 0.2) is 27.6 Å². The Hall–Kier alpha value is -1.38. The van der Waals surface area contributed by atoms with Gasteiger partial charge in [-0.25, -0.2) is 0 Å². The zero-order chi connectivity index (χ0) is 20.3. The molecule has 1 saturated heterocycles. The summed E-state index contributed by atoms with van der Waals surface area (Å²) in [6.45, 7) is 0. The number of nitrogens with zero attached hydrogens (tertiary/aromatic N) is 1. The number of hydrazine groups is 1. The minimum absolute atomic E-state index is 0.0403. The van der Waals surface area contributed by atoms with E-state index in [0.717, 1.165) is 24.8 Å². The summed E-state index contributed by atoms with van der Waals surface area (Å²) in [5.41, 5.74) is 3.30. The number of hydrogen-bond donors (Lipinski definition) is 2. The third kappa shape index (κ3) is 3.43. The molecule has 1 aliphatic heterocycles. The summed E-state index contributed by atoms with van der Waals surface area (Å²) in [4.78, 5) is 26.6. The maximum atomic E-state index is 13.3. The lowest BCUT2D eigenvalue weighted by molar-refractivity contribution is -0.152. The van der Waals surface area contributed by atoms with Gasteiger partial charge in [0, 0.05) is 0 Å². The van der Waals surface area contributed by atoms with Crippen LogP contribution in [0.2, 0.25) is 0 Å². The molecule has 5 aliphatic rings. The van der Waals surface area contributed by atoms with Crippen molar-refractivity contribution in [1.29, 1.82) is 0 Å². The molecule has 5 nitrogen and oxygen atoms in total. The van der Waals surface area contributed by atoms with Crippen molar-refractivity contribution in [2.45, 2.75) is 38.5 Å². The summed E-state index contributed by atoms with van der Waals surface area (Å²) in [7, 11) is 0. The zero-order valence-electron chi connectivity index (χ0n) is 15.7. The molecule has 5 fully saturated rings. The van der Waals surface area contributed by atoms with Crippen LogP contribution in [0.5, 0.6) is 5.75 Å². The Kier molecular flexibility index (Phi) is 4.79. The summed E-state index contributed by atoms with van der Waals surface area (Å²) < 4.78 is 0.897. The molecule has 0 spiro atoms. The van der Waals surface area contributed by atoms with E-state index in [2.05, 4.69) is 21.4 Å². The Morgan fingerprint density at radius 2 is 1.86 bits per heavy atom. The van der Waals surface area contributed by atoms with Crippen LogP contribution in [0.1, 0.15) is 44.1 Å². The second-order valence-electron chi connectivity index (χ2n) is 8.87. The average molecular weight is 493 g/mol. The summed E-state index contributed by atoms with van der Waals surface area (Å²) in [5, 5.41) is 10.9. The van der Waals surface area contributed by atoms with Gasteiger partial charge in [0.2, 0.25) is 5.91 Å². The predicted octanol–water partition coefficient (Wildman–Crippen LogP) is 4.60. The van der Waals surface area contributed by atoms with Crippen LogP contribution in [-0.4, -0.2) is 26.3 Å². The van der Waals surface area contributed by atoms with Crippen LogP contribution >= 0.6 is 39.9 Å². The number of phenols is 1. The largest absolute Gasteiger partial charge is 0.507 e. The topological polar surface area (TPSA) is 69.6 Å². The monoisotopic (exact) mass is 492 g/mol. The van der Waals surface area contributed by atoms with Gasteiger partial charge in [0.15, 0.2) is 4.32 Å². The molecule has 2 amide bonds. The number of thioether (sulfide) groups is 1. The van der Waals surface area contributed by atoms with Gasteiger partial charge in [0.25, 0.3) is 5.91 Å². The van der Waals surface area contributed by atoms with Crippen LogP contribution < -0.4 is 5.43 Å². The van der Waals surface area contributed by atoms with E-state index in [9.17, 15) is 14.7 Å². The number of rotatable bonds is 3. The SMILES string of the molecule is O=C1/C(=C\c2ccc(O)c(Br)c2)SC(=S)N1NC(=O)C12CC3CC(CC(C3)C1)C2. The molecule has 152 valence electrons. The first kappa shape index (κ1) is 19.6. The molecular weight excluding hydrogens is 472 g/mol. The van der Waals surface area contributed by atoms with Crippen molar-refractivity contribution in [2.75, 3.05) is 0 Å². The number of halogens is 1. The fraction of sp³-hybridized carbons (Fsp3) is 0.476. The molecular formula is C21H21BrN2O3S2. The number of amides is 2. The van der Waals surface area contributed by atoms with Crippen molar-refractivity contribution in [1.82, 2.24) is 10.4 Å². The van der Waals surface area contributed by atoms with Crippen molar-refractivity contribution < 1.29 is 14.7 Å². The first-order valence-electron chi connectivity index (χ1n) is 9.90. The number of benzene rings is 1. The first-order chi connectivity index (χ1) is 13.8. The third-order valence-corrected chi connectivity index (χ3v) is 8.73. The fourth-order valence-electron chi connectivity index (χ4n) is 5.94. The highest BCUT2D eigenvalue weighted by Gasteiger charge is 2.55. The highest BCUT2D eigenvalue weighted by molar-refractivity contribution is 9.10. The average Bonchev–Trinajstić information content (AvgIpc) is 2.91. The molecule has 4 saturated carbocycles. The molecule has 1 aromatic carbocycles. The standard InChI is InChI=1S/C21H21BrN2O3S2/c22-15-6-11(1-2-16(15)25)7-17-18(26)24(20(28)29-17)23-19(27)21-8-12-3-13(9-21)5-14(4-12)10-21/h1-2,6-7,12-14,25H,3-5,8-10H2,(H,23,27)/b17-7+. The smallest absolute Gasteiger partial charge is 0.285 e. The Morgan fingerprint density at radius 3 is 2.45 bits per heavy atom.